The lowest BCUT2D eigenvalue weighted by molar-refractivity contribution is -0.0773. The molecular formula is C15H18Br2O2. The molecule has 1 unspecified atom stereocenters. The van der Waals surface area contributed by atoms with E-state index in [1.165, 1.54) is 30.4 Å². The van der Waals surface area contributed by atoms with Gasteiger partial charge in [0.15, 0.2) is 0 Å². The molecule has 1 aliphatic heterocycles. The summed E-state index contributed by atoms with van der Waals surface area (Å²) in [5.41, 5.74) is 2.64. The molecule has 0 spiro atoms. The molecule has 0 aromatic heterocycles. The van der Waals surface area contributed by atoms with Crippen molar-refractivity contribution in [3.05, 3.63) is 27.7 Å². The summed E-state index contributed by atoms with van der Waals surface area (Å²) in [6.07, 6.45) is 5.64. The van der Waals surface area contributed by atoms with Gasteiger partial charge in [-0.3, -0.25) is 0 Å². The maximum Gasteiger partial charge on any atom is 0.127 e. The van der Waals surface area contributed by atoms with Crippen molar-refractivity contribution in [3.63, 3.8) is 0 Å². The van der Waals surface area contributed by atoms with Crippen molar-refractivity contribution in [1.29, 1.82) is 0 Å². The molecule has 1 aromatic rings. The van der Waals surface area contributed by atoms with Crippen molar-refractivity contribution >= 4 is 31.9 Å². The average Bonchev–Trinajstić information content (AvgIpc) is 2.80. The molecule has 19 heavy (non-hydrogen) atoms. The van der Waals surface area contributed by atoms with Crippen molar-refractivity contribution in [2.45, 2.75) is 42.5 Å². The van der Waals surface area contributed by atoms with Gasteiger partial charge in [0, 0.05) is 28.4 Å². The van der Waals surface area contributed by atoms with Gasteiger partial charge < -0.3 is 9.47 Å². The number of hydrogen-bond donors (Lipinski definition) is 0. The molecule has 1 aliphatic carbocycles. The minimum absolute atomic E-state index is 0.0714. The second-order valence-electron chi connectivity index (χ2n) is 5.49. The van der Waals surface area contributed by atoms with Crippen LogP contribution in [0.1, 0.15) is 41.6 Å². The third kappa shape index (κ3) is 2.59. The zero-order valence-corrected chi connectivity index (χ0v) is 14.2. The van der Waals surface area contributed by atoms with Crippen molar-refractivity contribution in [1.82, 2.24) is 0 Å². The summed E-state index contributed by atoms with van der Waals surface area (Å²) >= 11 is 7.45. The minimum atomic E-state index is 0.0714. The van der Waals surface area contributed by atoms with E-state index in [9.17, 15) is 0 Å². The van der Waals surface area contributed by atoms with Crippen LogP contribution in [0.4, 0.5) is 0 Å². The van der Waals surface area contributed by atoms with E-state index in [1.807, 2.05) is 7.11 Å². The van der Waals surface area contributed by atoms with Crippen molar-refractivity contribution in [3.8, 4) is 5.75 Å². The Morgan fingerprint density at radius 3 is 2.84 bits per heavy atom. The average molecular weight is 390 g/mol. The zero-order chi connectivity index (χ0) is 13.5. The van der Waals surface area contributed by atoms with E-state index in [0.29, 0.717) is 0 Å². The molecule has 0 N–H and O–H groups in total. The predicted octanol–water partition coefficient (Wildman–Crippen LogP) is 4.78. The van der Waals surface area contributed by atoms with Crippen LogP contribution in [-0.2, 0) is 11.2 Å². The first-order chi connectivity index (χ1) is 9.13. The Morgan fingerprint density at radius 1 is 1.42 bits per heavy atom. The SMILES string of the molecule is COC1(CC(Br)c2cc(Br)cc3c2OCC3)CCC1. The number of rotatable bonds is 4. The van der Waals surface area contributed by atoms with E-state index in [2.05, 4.69) is 44.0 Å². The van der Waals surface area contributed by atoms with Crippen LogP contribution >= 0.6 is 31.9 Å². The third-order valence-electron chi connectivity index (χ3n) is 4.36. The molecule has 2 nitrogen and oxygen atoms in total. The fraction of sp³-hybridized carbons (Fsp3) is 0.600. The lowest BCUT2D eigenvalue weighted by atomic mass is 9.76. The number of fused-ring (bicyclic) bond motifs is 1. The standard InChI is InChI=1S/C15H18Br2O2/c1-18-15(4-2-5-15)9-13(17)12-8-11(16)7-10-3-6-19-14(10)12/h7-8,13H,2-6,9H2,1H3. The lowest BCUT2D eigenvalue weighted by Gasteiger charge is -2.42. The first kappa shape index (κ1) is 13.9. The van der Waals surface area contributed by atoms with Crippen LogP contribution in [0, 0.1) is 0 Å². The topological polar surface area (TPSA) is 18.5 Å². The second kappa shape index (κ2) is 5.38. The summed E-state index contributed by atoms with van der Waals surface area (Å²) in [6, 6.07) is 4.34. The maximum absolute atomic E-state index is 5.81. The third-order valence-corrected chi connectivity index (χ3v) is 5.64. The van der Waals surface area contributed by atoms with Crippen LogP contribution < -0.4 is 4.74 Å². The molecule has 1 heterocycles. The van der Waals surface area contributed by atoms with E-state index in [4.69, 9.17) is 9.47 Å². The van der Waals surface area contributed by atoms with Gasteiger partial charge in [-0.05, 0) is 43.4 Å². The van der Waals surface area contributed by atoms with E-state index >= 15 is 0 Å². The molecular weight excluding hydrogens is 372 g/mol. The van der Waals surface area contributed by atoms with Crippen LogP contribution in [0.15, 0.2) is 16.6 Å². The smallest absolute Gasteiger partial charge is 0.127 e. The molecule has 1 aromatic carbocycles. The summed E-state index contributed by atoms with van der Waals surface area (Å²) in [5.74, 6) is 1.08. The molecule has 2 aliphatic rings. The molecule has 0 amide bonds. The van der Waals surface area contributed by atoms with Gasteiger partial charge in [-0.25, -0.2) is 0 Å². The van der Waals surface area contributed by atoms with Gasteiger partial charge in [-0.15, -0.1) is 0 Å². The molecule has 0 radical (unpaired) electrons. The van der Waals surface area contributed by atoms with Gasteiger partial charge in [-0.1, -0.05) is 31.9 Å². The van der Waals surface area contributed by atoms with Gasteiger partial charge in [-0.2, -0.15) is 0 Å². The molecule has 1 fully saturated rings. The van der Waals surface area contributed by atoms with Crippen LogP contribution in [0.5, 0.6) is 5.75 Å². The van der Waals surface area contributed by atoms with Gasteiger partial charge in [0.2, 0.25) is 0 Å². The summed E-state index contributed by atoms with van der Waals surface area (Å²) in [7, 11) is 1.83. The van der Waals surface area contributed by atoms with Crippen LogP contribution in [0.2, 0.25) is 0 Å². The fourth-order valence-electron chi connectivity index (χ4n) is 3.03. The fourth-order valence-corrected chi connectivity index (χ4v) is 4.48. The summed E-state index contributed by atoms with van der Waals surface area (Å²) in [4.78, 5) is 0.289. The Labute approximate surface area is 131 Å². The summed E-state index contributed by atoms with van der Waals surface area (Å²) in [6.45, 7) is 0.800. The largest absolute Gasteiger partial charge is 0.493 e. The molecule has 104 valence electrons. The van der Waals surface area contributed by atoms with Crippen LogP contribution in [0.3, 0.4) is 0 Å². The first-order valence-electron chi connectivity index (χ1n) is 6.78. The highest BCUT2D eigenvalue weighted by atomic mass is 79.9. The van der Waals surface area contributed by atoms with Crippen molar-refractivity contribution in [2.24, 2.45) is 0 Å². The zero-order valence-electron chi connectivity index (χ0n) is 11.0. The number of hydrogen-bond acceptors (Lipinski definition) is 2. The highest BCUT2D eigenvalue weighted by Gasteiger charge is 2.39. The Balaban J connectivity index is 1.85. The molecule has 0 saturated heterocycles. The quantitative estimate of drug-likeness (QED) is 0.690. The minimum Gasteiger partial charge on any atom is -0.493 e. The van der Waals surface area contributed by atoms with Crippen molar-refractivity contribution < 1.29 is 9.47 Å². The normalized spacial score (nSPS) is 21.4. The van der Waals surface area contributed by atoms with Gasteiger partial charge in [0.25, 0.3) is 0 Å². The Hall–Kier alpha value is -0.0600. The first-order valence-corrected chi connectivity index (χ1v) is 8.49. The van der Waals surface area contributed by atoms with Gasteiger partial charge in [0.1, 0.15) is 5.75 Å². The van der Waals surface area contributed by atoms with E-state index < -0.39 is 0 Å². The number of halogens is 2. The van der Waals surface area contributed by atoms with E-state index in [0.717, 1.165) is 29.7 Å². The number of ether oxygens (including phenoxy) is 2. The summed E-state index contributed by atoms with van der Waals surface area (Å²) in [5, 5.41) is 0. The lowest BCUT2D eigenvalue weighted by Crippen LogP contribution is -2.39. The number of methoxy groups -OCH3 is 1. The molecule has 4 heteroatoms. The Kier molecular flexibility index (Phi) is 3.93. The summed E-state index contributed by atoms with van der Waals surface area (Å²) < 4.78 is 12.7. The highest BCUT2D eigenvalue weighted by Crippen LogP contribution is 2.48. The Bertz CT molecular complexity index is 478. The van der Waals surface area contributed by atoms with E-state index in [-0.39, 0.29) is 10.4 Å². The number of alkyl halides is 1. The monoisotopic (exact) mass is 388 g/mol. The highest BCUT2D eigenvalue weighted by molar-refractivity contribution is 9.10. The Morgan fingerprint density at radius 2 is 2.21 bits per heavy atom. The predicted molar refractivity (Wildman–Crippen MR) is 83.2 cm³/mol. The van der Waals surface area contributed by atoms with Gasteiger partial charge in [0.05, 0.1) is 12.2 Å². The molecule has 3 rings (SSSR count). The van der Waals surface area contributed by atoms with Gasteiger partial charge >= 0.3 is 0 Å². The number of benzene rings is 1. The van der Waals surface area contributed by atoms with Crippen molar-refractivity contribution in [2.75, 3.05) is 13.7 Å². The second-order valence-corrected chi connectivity index (χ2v) is 7.52. The van der Waals surface area contributed by atoms with Crippen LogP contribution in [0.25, 0.3) is 0 Å². The molecule has 1 saturated carbocycles. The molecule has 0 bridgehead atoms. The van der Waals surface area contributed by atoms with Crippen LogP contribution in [-0.4, -0.2) is 19.3 Å². The maximum atomic E-state index is 5.81. The van der Waals surface area contributed by atoms with E-state index in [1.54, 1.807) is 0 Å². The molecule has 1 atom stereocenters.